The van der Waals surface area contributed by atoms with Gasteiger partial charge in [0, 0.05) is 81.3 Å². The Kier molecular flexibility index (Phi) is 15.9. The predicted molar refractivity (Wildman–Crippen MR) is 439 cm³/mol. The summed E-state index contributed by atoms with van der Waals surface area (Å²) in [5, 5.41) is 2.49. The van der Waals surface area contributed by atoms with Crippen LogP contribution in [0, 0.1) is 0 Å². The highest BCUT2D eigenvalue weighted by Gasteiger charge is 2.44. The summed E-state index contributed by atoms with van der Waals surface area (Å²) in [5.41, 5.74) is 34.5. The molecule has 0 bridgehead atoms. The van der Waals surface area contributed by atoms with Crippen molar-refractivity contribution < 1.29 is 0 Å². The van der Waals surface area contributed by atoms with Gasteiger partial charge in [0.15, 0.2) is 0 Å². The summed E-state index contributed by atoms with van der Waals surface area (Å²) >= 11 is 0. The fourth-order valence-corrected chi connectivity index (χ4v) is 16.3. The van der Waals surface area contributed by atoms with Gasteiger partial charge in [-0.25, -0.2) is 0 Å². The molecule has 104 heavy (non-hydrogen) atoms. The maximum absolute atomic E-state index is 5.18. The Bertz CT molecular complexity index is 5430. The van der Waals surface area contributed by atoms with Gasteiger partial charge in [-0.2, -0.15) is 0 Å². The molecular formula is C98H78BN5. The van der Waals surface area contributed by atoms with Gasteiger partial charge in [-0.05, 0) is 166 Å². The van der Waals surface area contributed by atoms with Gasteiger partial charge in [-0.1, -0.05) is 308 Å². The molecule has 0 N–H and O–H groups in total. The van der Waals surface area contributed by atoms with Gasteiger partial charge in [-0.3, -0.25) is 9.97 Å². The van der Waals surface area contributed by atoms with Crippen molar-refractivity contribution in [3.05, 3.63) is 362 Å². The molecule has 2 aliphatic rings. The molecule has 18 rings (SSSR count). The van der Waals surface area contributed by atoms with E-state index in [0.29, 0.717) is 13.1 Å². The van der Waals surface area contributed by atoms with E-state index in [-0.39, 0.29) is 17.5 Å². The van der Waals surface area contributed by atoms with Crippen molar-refractivity contribution in [2.45, 2.75) is 65.5 Å². The quantitative estimate of drug-likeness (QED) is 0.108. The second-order valence-electron chi connectivity index (χ2n) is 30.1. The van der Waals surface area contributed by atoms with E-state index in [0.717, 1.165) is 84.2 Å². The third-order valence-corrected chi connectivity index (χ3v) is 21.7. The van der Waals surface area contributed by atoms with Crippen molar-refractivity contribution in [3.8, 4) is 95.0 Å². The zero-order valence-electron chi connectivity index (χ0n) is 59.6. The van der Waals surface area contributed by atoms with Gasteiger partial charge < -0.3 is 14.4 Å². The molecule has 0 amide bonds. The van der Waals surface area contributed by atoms with Crippen molar-refractivity contribution in [1.82, 2.24) is 14.5 Å². The van der Waals surface area contributed by atoms with E-state index in [1.165, 1.54) is 93.9 Å². The van der Waals surface area contributed by atoms with Crippen LogP contribution in [0.1, 0.15) is 63.8 Å². The van der Waals surface area contributed by atoms with Crippen LogP contribution in [-0.4, -0.2) is 21.2 Å². The minimum Gasteiger partial charge on any atom is -0.338 e. The van der Waals surface area contributed by atoms with E-state index in [1.807, 2.05) is 0 Å². The van der Waals surface area contributed by atoms with Crippen LogP contribution in [0.15, 0.2) is 340 Å². The zero-order valence-corrected chi connectivity index (χ0v) is 59.6. The number of fused-ring (bicyclic) bond motifs is 7. The van der Waals surface area contributed by atoms with Crippen LogP contribution in [0.25, 0.3) is 117 Å². The molecule has 16 aromatic rings. The third kappa shape index (κ3) is 11.5. The Balaban J connectivity index is 0.961. The number of benzene rings is 13. The molecule has 0 saturated carbocycles. The summed E-state index contributed by atoms with van der Waals surface area (Å²) in [5.74, 6) is 0. The number of pyridine rings is 2. The molecule has 498 valence electrons. The van der Waals surface area contributed by atoms with Crippen LogP contribution in [0.2, 0.25) is 0 Å². The maximum atomic E-state index is 5.18. The van der Waals surface area contributed by atoms with E-state index in [2.05, 4.69) is 396 Å². The minimum absolute atomic E-state index is 0.0853. The number of anilines is 4. The third-order valence-electron chi connectivity index (χ3n) is 21.7. The van der Waals surface area contributed by atoms with Gasteiger partial charge in [-0.15, -0.1) is 0 Å². The standard InChI is InChI=1S/C98H78BN5/c1-97(2,3)75-47-53-90-82(57-75)83-58-76(98(4,5)6)48-54-91(83)104(90)77-59-94-96-95(60-77)103(64-85-80(67-31-17-9-18-32-67)41-26-42-81(85)68-33-19-10-20-34-68)93-56-72(74-46-52-89(101-62-74)70-37-23-12-24-38-70)44-50-87(93)99(96)86-49-43-71(73-45-51-88(100-61-73)69-35-21-11-22-36-69)55-92(86)102(94)63-84-78(65-27-13-7-14-28-65)39-25-40-79(84)66-29-15-8-16-30-66/h7-62H,63-64H2,1-6H3. The summed E-state index contributed by atoms with van der Waals surface area (Å²) in [6.45, 7) is 14.9. The first-order valence-corrected chi connectivity index (χ1v) is 36.4. The SMILES string of the molecule is CC(C)(C)c1ccc2c(c1)c1cc(C(C)(C)C)ccc1n2-c1cc2c3c(c1)N(Cc1c(-c4ccccc4)cccc1-c1ccccc1)c1cc(-c4ccc(-c5ccccc5)nc4)ccc1B3c1ccc(-c3ccc(-c4ccccc4)nc3)cc1N2Cc1c(-c2ccccc2)cccc1-c1ccccc1. The summed E-state index contributed by atoms with van der Waals surface area (Å²) in [6, 6.07) is 122. The summed E-state index contributed by atoms with van der Waals surface area (Å²) in [6.07, 6.45) is 4.12. The molecule has 3 aromatic heterocycles. The summed E-state index contributed by atoms with van der Waals surface area (Å²) < 4.78 is 2.59. The molecule has 0 spiro atoms. The predicted octanol–water partition coefficient (Wildman–Crippen LogP) is 23.3. The lowest BCUT2D eigenvalue weighted by Gasteiger charge is -2.45. The van der Waals surface area contributed by atoms with Gasteiger partial charge in [0.05, 0.1) is 28.1 Å². The molecule has 0 fully saturated rings. The normalized spacial score (nSPS) is 12.5. The number of hydrogen-bond donors (Lipinski definition) is 0. The highest BCUT2D eigenvalue weighted by molar-refractivity contribution is 7.00. The van der Waals surface area contributed by atoms with E-state index < -0.39 is 0 Å². The average molecular weight is 1340 g/mol. The van der Waals surface area contributed by atoms with Crippen LogP contribution >= 0.6 is 0 Å². The summed E-state index contributed by atoms with van der Waals surface area (Å²) in [4.78, 5) is 15.8. The van der Waals surface area contributed by atoms with Crippen molar-refractivity contribution in [3.63, 3.8) is 0 Å². The van der Waals surface area contributed by atoms with E-state index in [4.69, 9.17) is 9.97 Å². The second kappa shape index (κ2) is 25.9. The van der Waals surface area contributed by atoms with Crippen LogP contribution in [-0.2, 0) is 23.9 Å². The van der Waals surface area contributed by atoms with Crippen molar-refractivity contribution >= 4 is 67.7 Å². The van der Waals surface area contributed by atoms with Gasteiger partial charge in [0.1, 0.15) is 0 Å². The second-order valence-corrected chi connectivity index (χ2v) is 30.1. The fourth-order valence-electron chi connectivity index (χ4n) is 16.3. The molecule has 0 saturated heterocycles. The number of nitrogens with zero attached hydrogens (tertiary/aromatic N) is 5. The van der Waals surface area contributed by atoms with Gasteiger partial charge in [0.2, 0.25) is 0 Å². The molecule has 5 nitrogen and oxygen atoms in total. The molecule has 5 heterocycles. The zero-order chi connectivity index (χ0) is 70.2. The Hall–Kier alpha value is -12.4. The smallest absolute Gasteiger partial charge is 0.252 e. The van der Waals surface area contributed by atoms with E-state index in [1.54, 1.807) is 0 Å². The van der Waals surface area contributed by atoms with Crippen molar-refractivity contribution in [2.75, 3.05) is 9.80 Å². The van der Waals surface area contributed by atoms with Crippen LogP contribution in [0.5, 0.6) is 0 Å². The number of aromatic nitrogens is 3. The molecule has 0 aliphatic carbocycles. The Labute approximate surface area is 610 Å². The molecule has 0 radical (unpaired) electrons. The number of hydrogen-bond acceptors (Lipinski definition) is 4. The lowest BCUT2D eigenvalue weighted by molar-refractivity contribution is 0.590. The molecular weight excluding hydrogens is 1260 g/mol. The van der Waals surface area contributed by atoms with Crippen molar-refractivity contribution in [1.29, 1.82) is 0 Å². The first-order valence-electron chi connectivity index (χ1n) is 36.4. The Morgan fingerprint density at radius 2 is 0.625 bits per heavy atom. The van der Waals surface area contributed by atoms with Crippen LogP contribution in [0.4, 0.5) is 22.7 Å². The van der Waals surface area contributed by atoms with Gasteiger partial charge >= 0.3 is 0 Å². The lowest BCUT2D eigenvalue weighted by atomic mass is 9.33. The topological polar surface area (TPSA) is 37.2 Å². The fraction of sp³-hybridized carbons (Fsp3) is 0.102. The molecule has 0 atom stereocenters. The van der Waals surface area contributed by atoms with E-state index in [9.17, 15) is 0 Å². The lowest BCUT2D eigenvalue weighted by Crippen LogP contribution is -2.62. The maximum Gasteiger partial charge on any atom is 0.252 e. The van der Waals surface area contributed by atoms with Gasteiger partial charge in [0.25, 0.3) is 6.71 Å². The van der Waals surface area contributed by atoms with Crippen molar-refractivity contribution in [2.24, 2.45) is 0 Å². The Morgan fingerprint density at radius 1 is 0.288 bits per heavy atom. The Morgan fingerprint density at radius 3 is 0.952 bits per heavy atom. The monoisotopic (exact) mass is 1340 g/mol. The van der Waals surface area contributed by atoms with Crippen LogP contribution in [0.3, 0.4) is 0 Å². The minimum atomic E-state index is -0.204. The van der Waals surface area contributed by atoms with Crippen LogP contribution < -0.4 is 26.2 Å². The highest BCUT2D eigenvalue weighted by Crippen LogP contribution is 2.48. The molecule has 2 aliphatic heterocycles. The first-order chi connectivity index (χ1) is 50.8. The molecule has 0 unspecified atom stereocenters. The summed E-state index contributed by atoms with van der Waals surface area (Å²) in [7, 11) is 0. The largest absolute Gasteiger partial charge is 0.338 e. The molecule has 6 heteroatoms. The average Bonchev–Trinajstić information content (AvgIpc) is 0.777. The highest BCUT2D eigenvalue weighted by atomic mass is 15.2. The van der Waals surface area contributed by atoms with E-state index >= 15 is 0 Å². The number of rotatable bonds is 13. The first kappa shape index (κ1) is 63.8. The molecule has 13 aromatic carbocycles.